The Morgan fingerprint density at radius 3 is 2.74 bits per heavy atom. The van der Waals surface area contributed by atoms with Crippen molar-refractivity contribution in [2.75, 3.05) is 18.5 Å². The van der Waals surface area contributed by atoms with Gasteiger partial charge in [-0.05, 0) is 41.7 Å². The van der Waals surface area contributed by atoms with Crippen LogP contribution in [0.4, 0.5) is 5.69 Å². The maximum Gasteiger partial charge on any atom is 0.326 e. The van der Waals surface area contributed by atoms with Crippen LogP contribution >= 0.6 is 0 Å². The van der Waals surface area contributed by atoms with Gasteiger partial charge in [0.1, 0.15) is 11.8 Å². The number of rotatable bonds is 6. The van der Waals surface area contributed by atoms with E-state index in [1.807, 2.05) is 18.2 Å². The maximum atomic E-state index is 12.4. The van der Waals surface area contributed by atoms with E-state index >= 15 is 0 Å². The summed E-state index contributed by atoms with van der Waals surface area (Å²) < 4.78 is 0. The van der Waals surface area contributed by atoms with Gasteiger partial charge in [-0.15, -0.1) is 0 Å². The van der Waals surface area contributed by atoms with Gasteiger partial charge in [0.2, 0.25) is 5.91 Å². The average molecular weight is 368 g/mol. The number of hydrogen-bond acceptors (Lipinski definition) is 4. The Bertz CT molecular complexity index is 850. The van der Waals surface area contributed by atoms with Crippen molar-refractivity contribution < 1.29 is 19.8 Å². The number of carbonyl (C=O) groups excluding carboxylic acids is 1. The van der Waals surface area contributed by atoms with E-state index in [2.05, 4.69) is 17.3 Å². The summed E-state index contributed by atoms with van der Waals surface area (Å²) in [5, 5.41) is 21.8. The van der Waals surface area contributed by atoms with Crippen LogP contribution in [0.5, 0.6) is 5.75 Å². The average Bonchev–Trinajstić information content (AvgIpc) is 2.63. The molecule has 6 nitrogen and oxygen atoms in total. The predicted molar refractivity (Wildman–Crippen MR) is 103 cm³/mol. The van der Waals surface area contributed by atoms with E-state index < -0.39 is 12.0 Å². The number of amides is 1. The molecule has 142 valence electrons. The Kier molecular flexibility index (Phi) is 5.64. The van der Waals surface area contributed by atoms with Crippen LogP contribution in [0.1, 0.15) is 23.1 Å². The van der Waals surface area contributed by atoms with Crippen LogP contribution in [-0.2, 0) is 28.9 Å². The molecule has 0 radical (unpaired) electrons. The van der Waals surface area contributed by atoms with Gasteiger partial charge < -0.3 is 20.4 Å². The number of benzene rings is 2. The van der Waals surface area contributed by atoms with E-state index in [1.54, 1.807) is 18.2 Å². The number of anilines is 1. The summed E-state index contributed by atoms with van der Waals surface area (Å²) >= 11 is 0. The SMILES string of the molecule is CN1CCCc2cc(CC(=O)NC(Cc3ccccc3O)C(=O)O)ccc21. The number of aryl methyl sites for hydroxylation is 1. The topological polar surface area (TPSA) is 89.9 Å². The van der Waals surface area contributed by atoms with Gasteiger partial charge in [0.15, 0.2) is 0 Å². The highest BCUT2D eigenvalue weighted by molar-refractivity contribution is 5.85. The monoisotopic (exact) mass is 368 g/mol. The predicted octanol–water partition coefficient (Wildman–Crippen LogP) is 2.13. The number of phenolic OH excluding ortho intramolecular Hbond substituents is 1. The molecule has 3 rings (SSSR count). The van der Waals surface area contributed by atoms with E-state index in [-0.39, 0.29) is 24.5 Å². The highest BCUT2D eigenvalue weighted by Gasteiger charge is 2.22. The molecule has 1 atom stereocenters. The molecule has 2 aromatic rings. The van der Waals surface area contributed by atoms with Gasteiger partial charge in [0.05, 0.1) is 6.42 Å². The number of aliphatic carboxylic acids is 1. The number of hydrogen-bond donors (Lipinski definition) is 3. The normalized spacial score (nSPS) is 14.3. The number of carbonyl (C=O) groups is 2. The number of carboxylic acids is 1. The van der Waals surface area contributed by atoms with Crippen molar-refractivity contribution in [3.63, 3.8) is 0 Å². The first kappa shape index (κ1) is 18.8. The first-order valence-electron chi connectivity index (χ1n) is 9.06. The fraction of sp³-hybridized carbons (Fsp3) is 0.333. The van der Waals surface area contributed by atoms with Crippen molar-refractivity contribution in [3.8, 4) is 5.75 Å². The van der Waals surface area contributed by atoms with Crippen LogP contribution in [0.25, 0.3) is 0 Å². The molecule has 1 unspecified atom stereocenters. The molecular formula is C21H24N2O4. The number of nitrogens with zero attached hydrogens (tertiary/aromatic N) is 1. The molecular weight excluding hydrogens is 344 g/mol. The Hall–Kier alpha value is -3.02. The molecule has 0 spiro atoms. The van der Waals surface area contributed by atoms with Crippen LogP contribution in [0.2, 0.25) is 0 Å². The molecule has 0 saturated heterocycles. The third-order valence-corrected chi connectivity index (χ3v) is 4.91. The van der Waals surface area contributed by atoms with Crippen molar-refractivity contribution in [1.82, 2.24) is 5.32 Å². The van der Waals surface area contributed by atoms with E-state index in [1.165, 1.54) is 17.3 Å². The summed E-state index contributed by atoms with van der Waals surface area (Å²) in [6, 6.07) is 11.4. The van der Waals surface area contributed by atoms with Crippen molar-refractivity contribution in [2.45, 2.75) is 31.7 Å². The van der Waals surface area contributed by atoms with E-state index in [0.29, 0.717) is 5.56 Å². The lowest BCUT2D eigenvalue weighted by atomic mass is 9.98. The zero-order chi connectivity index (χ0) is 19.4. The largest absolute Gasteiger partial charge is 0.508 e. The Labute approximate surface area is 158 Å². The fourth-order valence-corrected chi connectivity index (χ4v) is 3.48. The lowest BCUT2D eigenvalue weighted by Crippen LogP contribution is -2.43. The quantitative estimate of drug-likeness (QED) is 0.727. The molecule has 6 heteroatoms. The second-order valence-corrected chi connectivity index (χ2v) is 6.96. The summed E-state index contributed by atoms with van der Waals surface area (Å²) in [7, 11) is 2.06. The van der Waals surface area contributed by atoms with E-state index in [0.717, 1.165) is 24.9 Å². The molecule has 2 aromatic carbocycles. The zero-order valence-electron chi connectivity index (χ0n) is 15.3. The highest BCUT2D eigenvalue weighted by Crippen LogP contribution is 2.27. The lowest BCUT2D eigenvalue weighted by molar-refractivity contribution is -0.141. The number of para-hydroxylation sites is 1. The summed E-state index contributed by atoms with van der Waals surface area (Å²) in [4.78, 5) is 26.1. The van der Waals surface area contributed by atoms with E-state index in [4.69, 9.17) is 0 Å². The lowest BCUT2D eigenvalue weighted by Gasteiger charge is -2.27. The number of aromatic hydroxyl groups is 1. The van der Waals surface area contributed by atoms with E-state index in [9.17, 15) is 19.8 Å². The molecule has 1 amide bonds. The molecule has 0 aromatic heterocycles. The van der Waals surface area contributed by atoms with Gasteiger partial charge in [-0.1, -0.05) is 30.3 Å². The third-order valence-electron chi connectivity index (χ3n) is 4.91. The molecule has 1 heterocycles. The first-order valence-corrected chi connectivity index (χ1v) is 9.06. The van der Waals surface area contributed by atoms with Crippen LogP contribution < -0.4 is 10.2 Å². The number of nitrogens with one attached hydrogen (secondary N) is 1. The van der Waals surface area contributed by atoms with Crippen LogP contribution in [0.3, 0.4) is 0 Å². The highest BCUT2D eigenvalue weighted by atomic mass is 16.4. The molecule has 0 aliphatic carbocycles. The van der Waals surface area contributed by atoms with Gasteiger partial charge in [-0.25, -0.2) is 4.79 Å². The van der Waals surface area contributed by atoms with Crippen molar-refractivity contribution in [2.24, 2.45) is 0 Å². The summed E-state index contributed by atoms with van der Waals surface area (Å²) in [6.07, 6.45) is 2.23. The molecule has 3 N–H and O–H groups in total. The summed E-state index contributed by atoms with van der Waals surface area (Å²) in [5.74, 6) is -1.45. The second kappa shape index (κ2) is 8.12. The third kappa shape index (κ3) is 4.58. The van der Waals surface area contributed by atoms with Crippen molar-refractivity contribution >= 4 is 17.6 Å². The van der Waals surface area contributed by atoms with Crippen molar-refractivity contribution in [3.05, 3.63) is 59.2 Å². The van der Waals surface area contributed by atoms with Gasteiger partial charge in [-0.2, -0.15) is 0 Å². The fourth-order valence-electron chi connectivity index (χ4n) is 3.48. The smallest absolute Gasteiger partial charge is 0.326 e. The standard InChI is InChI=1S/C21H24N2O4/c1-23-10-4-6-15-11-14(8-9-18(15)23)12-20(25)22-17(21(26)27)13-16-5-2-3-7-19(16)24/h2-3,5,7-9,11,17,24H,4,6,10,12-13H2,1H3,(H,22,25)(H,26,27). The van der Waals surface area contributed by atoms with Crippen LogP contribution in [-0.4, -0.2) is 41.7 Å². The second-order valence-electron chi connectivity index (χ2n) is 6.96. The molecule has 27 heavy (non-hydrogen) atoms. The molecule has 1 aliphatic heterocycles. The molecule has 0 fully saturated rings. The summed E-state index contributed by atoms with van der Waals surface area (Å²) in [5.41, 5.74) is 3.77. The Balaban J connectivity index is 1.66. The zero-order valence-corrected chi connectivity index (χ0v) is 15.3. The number of phenols is 1. The Morgan fingerprint density at radius 2 is 2.00 bits per heavy atom. The minimum absolute atomic E-state index is 0.0248. The van der Waals surface area contributed by atoms with Gasteiger partial charge in [0, 0.05) is 25.7 Å². The first-order chi connectivity index (χ1) is 12.9. The number of carboxylic acid groups (broad SMARTS) is 1. The van der Waals surface area contributed by atoms with Crippen LogP contribution in [0, 0.1) is 0 Å². The molecule has 1 aliphatic rings. The van der Waals surface area contributed by atoms with Gasteiger partial charge >= 0.3 is 5.97 Å². The Morgan fingerprint density at radius 1 is 1.22 bits per heavy atom. The summed E-state index contributed by atoms with van der Waals surface area (Å²) in [6.45, 7) is 1.03. The van der Waals surface area contributed by atoms with Crippen molar-refractivity contribution in [1.29, 1.82) is 0 Å². The van der Waals surface area contributed by atoms with Gasteiger partial charge in [0.25, 0.3) is 0 Å². The maximum absolute atomic E-state index is 12.4. The molecule has 0 saturated carbocycles. The number of fused-ring (bicyclic) bond motifs is 1. The van der Waals surface area contributed by atoms with Gasteiger partial charge in [-0.3, -0.25) is 4.79 Å². The minimum Gasteiger partial charge on any atom is -0.508 e. The molecule has 0 bridgehead atoms. The minimum atomic E-state index is -1.13. The van der Waals surface area contributed by atoms with Crippen LogP contribution in [0.15, 0.2) is 42.5 Å².